The minimum Gasteiger partial charge on any atom is -0.434 e. The Hall–Kier alpha value is -4.18. The number of ether oxygens (including phenoxy) is 6. The number of carbonyl (C=O) groups excluding carboxylic acids is 3. The summed E-state index contributed by atoms with van der Waals surface area (Å²) >= 11 is 0. The summed E-state index contributed by atoms with van der Waals surface area (Å²) in [5, 5.41) is 0. The third kappa shape index (κ3) is 11.5. The van der Waals surface area contributed by atoms with E-state index < -0.39 is 40.6 Å². The van der Waals surface area contributed by atoms with Crippen LogP contribution in [0.3, 0.4) is 0 Å². The average molecular weight is 612 g/mol. The predicted molar refractivity (Wildman–Crippen MR) is 162 cm³/mol. The Kier molecular flexibility index (Phi) is 11.1. The van der Waals surface area contributed by atoms with E-state index >= 15 is 0 Å². The summed E-state index contributed by atoms with van der Waals surface area (Å²) in [5.74, 6) is 1.22. The molecule has 0 aliphatic heterocycles. The van der Waals surface area contributed by atoms with Crippen molar-refractivity contribution >= 4 is 29.4 Å². The molecule has 0 aliphatic rings. The van der Waals surface area contributed by atoms with Crippen LogP contribution < -0.4 is 14.2 Å². The normalized spacial score (nSPS) is 11.6. The molecule has 3 aromatic rings. The molecule has 10 heteroatoms. The molecule has 0 amide bonds. The number of rotatable bonds is 8. The van der Waals surface area contributed by atoms with E-state index in [4.69, 9.17) is 28.4 Å². The fraction of sp³-hybridized carbons (Fsp3) is 0.364. The van der Waals surface area contributed by atoms with Crippen molar-refractivity contribution in [1.29, 1.82) is 0 Å². The van der Waals surface area contributed by atoms with Crippen LogP contribution in [0.4, 0.5) is 14.4 Å². The van der Waals surface area contributed by atoms with Gasteiger partial charge < -0.3 is 28.4 Å². The van der Waals surface area contributed by atoms with Crippen LogP contribution >= 0.6 is 0 Å². The highest BCUT2D eigenvalue weighted by Crippen LogP contribution is 2.34. The van der Waals surface area contributed by atoms with Gasteiger partial charge in [0.15, 0.2) is 14.7 Å². The highest BCUT2D eigenvalue weighted by atomic mass is 32.2. The third-order valence-corrected chi connectivity index (χ3v) is 7.33. The van der Waals surface area contributed by atoms with Gasteiger partial charge in [0.05, 0.1) is 17.5 Å². The molecule has 3 rings (SSSR count). The van der Waals surface area contributed by atoms with Crippen LogP contribution in [0.15, 0.2) is 87.5 Å². The van der Waals surface area contributed by atoms with E-state index in [1.54, 1.807) is 77.9 Å². The van der Waals surface area contributed by atoms with Crippen molar-refractivity contribution in [3.63, 3.8) is 0 Å². The van der Waals surface area contributed by atoms with E-state index in [9.17, 15) is 14.4 Å². The highest BCUT2D eigenvalue weighted by molar-refractivity contribution is 7.97. The number of hydrogen-bond donors (Lipinski definition) is 0. The monoisotopic (exact) mass is 611 g/mol. The standard InChI is InChI=1S/C33H39O9S/c1-22(2)21-37-29(34)38-23-9-15-26(16-10-23)43(27-17-11-24(12-18-27)39-30(35)41-32(3,4)5)28-19-13-25(14-20-28)40-31(36)42-33(6,7)8/h9-20,22H,21H2,1-8H3/q+1. The van der Waals surface area contributed by atoms with Crippen molar-refractivity contribution in [3.05, 3.63) is 72.8 Å². The number of hydrogen-bond acceptors (Lipinski definition) is 9. The van der Waals surface area contributed by atoms with Crippen LogP contribution in [0.5, 0.6) is 17.2 Å². The largest absolute Gasteiger partial charge is 0.514 e. The molecule has 9 nitrogen and oxygen atoms in total. The van der Waals surface area contributed by atoms with Gasteiger partial charge >= 0.3 is 18.5 Å². The maximum atomic E-state index is 12.1. The molecule has 0 atom stereocenters. The molecule has 230 valence electrons. The van der Waals surface area contributed by atoms with E-state index in [1.807, 2.05) is 50.2 Å². The number of benzene rings is 3. The first-order valence-corrected chi connectivity index (χ1v) is 15.0. The topological polar surface area (TPSA) is 107 Å². The van der Waals surface area contributed by atoms with Crippen molar-refractivity contribution in [2.24, 2.45) is 5.92 Å². The third-order valence-electron chi connectivity index (χ3n) is 5.10. The minimum absolute atomic E-state index is 0.193. The van der Waals surface area contributed by atoms with Gasteiger partial charge in [-0.2, -0.15) is 0 Å². The zero-order valence-electron chi connectivity index (χ0n) is 25.8. The minimum atomic E-state index is -0.790. The Morgan fingerprint density at radius 1 is 0.558 bits per heavy atom. The quantitative estimate of drug-likeness (QED) is 0.107. The molecule has 0 spiro atoms. The molecule has 0 heterocycles. The molecule has 0 aromatic heterocycles. The molecule has 0 saturated carbocycles. The van der Waals surface area contributed by atoms with Gasteiger partial charge in [-0.15, -0.1) is 0 Å². The van der Waals surface area contributed by atoms with Gasteiger partial charge in [-0.05, 0) is 120 Å². The fourth-order valence-corrected chi connectivity index (χ4v) is 5.48. The SMILES string of the molecule is CC(C)COC(=O)Oc1ccc([S+](c2ccc(OC(=O)OC(C)(C)C)cc2)c2ccc(OC(=O)OC(C)(C)C)cc2)cc1. The van der Waals surface area contributed by atoms with E-state index in [0.717, 1.165) is 14.7 Å². The second-order valence-electron chi connectivity index (χ2n) is 11.9. The van der Waals surface area contributed by atoms with Crippen LogP contribution in [-0.4, -0.2) is 36.3 Å². The lowest BCUT2D eigenvalue weighted by Crippen LogP contribution is -2.26. The Balaban J connectivity index is 1.86. The lowest BCUT2D eigenvalue weighted by atomic mass is 10.2. The van der Waals surface area contributed by atoms with Gasteiger partial charge in [-0.1, -0.05) is 13.8 Å². The predicted octanol–water partition coefficient (Wildman–Crippen LogP) is 8.58. The molecular weight excluding hydrogens is 572 g/mol. The lowest BCUT2D eigenvalue weighted by molar-refractivity contribution is 0.0193. The Labute approximate surface area is 255 Å². The summed E-state index contributed by atoms with van der Waals surface area (Å²) < 4.78 is 31.6. The highest BCUT2D eigenvalue weighted by Gasteiger charge is 2.30. The molecule has 0 bridgehead atoms. The van der Waals surface area contributed by atoms with Crippen molar-refractivity contribution in [3.8, 4) is 17.2 Å². The lowest BCUT2D eigenvalue weighted by Gasteiger charge is -2.18. The summed E-state index contributed by atoms with van der Waals surface area (Å²) in [4.78, 5) is 39.0. The molecule has 0 saturated heterocycles. The van der Waals surface area contributed by atoms with E-state index in [-0.39, 0.29) is 12.5 Å². The summed E-state index contributed by atoms with van der Waals surface area (Å²) in [7, 11) is -0.634. The van der Waals surface area contributed by atoms with Crippen LogP contribution in [0.2, 0.25) is 0 Å². The van der Waals surface area contributed by atoms with Crippen molar-refractivity contribution in [2.75, 3.05) is 6.61 Å². The first kappa shape index (κ1) is 33.3. The molecule has 3 aromatic carbocycles. The first-order chi connectivity index (χ1) is 20.1. The fourth-order valence-electron chi connectivity index (χ4n) is 3.43. The summed E-state index contributed by atoms with van der Waals surface area (Å²) in [6.07, 6.45) is -2.34. The van der Waals surface area contributed by atoms with Gasteiger partial charge in [0.25, 0.3) is 0 Å². The molecule has 0 aliphatic carbocycles. The summed E-state index contributed by atoms with van der Waals surface area (Å²) in [6.45, 7) is 14.7. The Morgan fingerprint density at radius 2 is 0.860 bits per heavy atom. The molecule has 43 heavy (non-hydrogen) atoms. The van der Waals surface area contributed by atoms with Crippen LogP contribution in [0.1, 0.15) is 55.4 Å². The van der Waals surface area contributed by atoms with Gasteiger partial charge in [-0.25, -0.2) is 14.4 Å². The zero-order valence-corrected chi connectivity index (χ0v) is 26.6. The molecule has 0 N–H and O–H groups in total. The van der Waals surface area contributed by atoms with Crippen LogP contribution in [0.25, 0.3) is 0 Å². The van der Waals surface area contributed by atoms with Gasteiger partial charge in [0.2, 0.25) is 0 Å². The van der Waals surface area contributed by atoms with Crippen molar-refractivity contribution in [1.82, 2.24) is 0 Å². The smallest absolute Gasteiger partial charge is 0.434 e. The zero-order chi connectivity index (χ0) is 31.8. The molecular formula is C33H39O9S+. The Bertz CT molecular complexity index is 1290. The van der Waals surface area contributed by atoms with Crippen molar-refractivity contribution in [2.45, 2.75) is 81.3 Å². The maximum absolute atomic E-state index is 12.1. The second-order valence-corrected chi connectivity index (χ2v) is 13.9. The van der Waals surface area contributed by atoms with Gasteiger partial charge in [0, 0.05) is 0 Å². The van der Waals surface area contributed by atoms with E-state index in [0.29, 0.717) is 17.2 Å². The Morgan fingerprint density at radius 3 is 1.14 bits per heavy atom. The molecule has 0 unspecified atom stereocenters. The first-order valence-electron chi connectivity index (χ1n) is 13.8. The van der Waals surface area contributed by atoms with Crippen molar-refractivity contribution < 1.29 is 42.8 Å². The second kappa shape index (κ2) is 14.3. The van der Waals surface area contributed by atoms with E-state index in [1.165, 1.54) is 0 Å². The maximum Gasteiger partial charge on any atom is 0.514 e. The number of carbonyl (C=O) groups is 3. The molecule has 0 radical (unpaired) electrons. The summed E-state index contributed by atoms with van der Waals surface area (Å²) in [5.41, 5.74) is -1.35. The van der Waals surface area contributed by atoms with Crippen LogP contribution in [-0.2, 0) is 25.1 Å². The van der Waals surface area contributed by atoms with E-state index in [2.05, 4.69) is 0 Å². The average Bonchev–Trinajstić information content (AvgIpc) is 2.88. The van der Waals surface area contributed by atoms with Gasteiger partial charge in [0.1, 0.15) is 28.5 Å². The van der Waals surface area contributed by atoms with Gasteiger partial charge in [-0.3, -0.25) is 0 Å². The van der Waals surface area contributed by atoms with Crippen LogP contribution in [0, 0.1) is 5.92 Å². The molecule has 0 fully saturated rings. The summed E-state index contributed by atoms with van der Waals surface area (Å²) in [6, 6.07) is 21.4.